The summed E-state index contributed by atoms with van der Waals surface area (Å²) in [6.07, 6.45) is 28.3. The molecule has 2 aliphatic rings. The van der Waals surface area contributed by atoms with Gasteiger partial charge in [0, 0.05) is 6.42 Å². The number of amides is 1. The van der Waals surface area contributed by atoms with Crippen molar-refractivity contribution in [1.82, 2.24) is 5.32 Å². The molecule has 0 aromatic rings. The first-order valence-electron chi connectivity index (χ1n) is 28.8. The second-order valence-electron chi connectivity index (χ2n) is 20.8. The van der Waals surface area contributed by atoms with Crippen molar-refractivity contribution in [3.8, 4) is 0 Å². The Morgan fingerprint density at radius 2 is 0.826 bits per heavy atom. The van der Waals surface area contributed by atoms with Crippen LogP contribution in [0.2, 0.25) is 0 Å². The lowest BCUT2D eigenvalue weighted by molar-refractivity contribution is -0.359. The summed E-state index contributed by atoms with van der Waals surface area (Å²) >= 11 is 0. The van der Waals surface area contributed by atoms with Crippen LogP contribution in [0, 0.1) is 0 Å². The van der Waals surface area contributed by atoms with Crippen LogP contribution in [-0.4, -0.2) is 140 Å². The molecule has 2 fully saturated rings. The molecule has 69 heavy (non-hydrogen) atoms. The minimum Gasteiger partial charge on any atom is -0.394 e. The van der Waals surface area contributed by atoms with Crippen LogP contribution >= 0.6 is 0 Å². The molecule has 12 atom stereocenters. The van der Waals surface area contributed by atoms with E-state index in [0.29, 0.717) is 12.8 Å². The molecule has 0 saturated carbocycles. The summed E-state index contributed by atoms with van der Waals surface area (Å²) in [6, 6.07) is -0.821. The predicted octanol–water partition coefficient (Wildman–Crippen LogP) is 8.95. The number of ether oxygens (including phenoxy) is 4. The fourth-order valence-corrected chi connectivity index (χ4v) is 9.89. The van der Waals surface area contributed by atoms with Gasteiger partial charge >= 0.3 is 0 Å². The van der Waals surface area contributed by atoms with Gasteiger partial charge in [-0.1, -0.05) is 232 Å². The van der Waals surface area contributed by atoms with Gasteiger partial charge in [-0.3, -0.25) is 4.79 Å². The van der Waals surface area contributed by atoms with Crippen molar-refractivity contribution in [2.24, 2.45) is 0 Å². The molecule has 1 amide bonds. The summed E-state index contributed by atoms with van der Waals surface area (Å²) in [5, 5.41) is 87.0. The smallest absolute Gasteiger partial charge is 0.220 e. The van der Waals surface area contributed by atoms with Crippen molar-refractivity contribution in [3.05, 3.63) is 0 Å². The SMILES string of the molecule is CCCCCCCCCCCCCCCCCCCCCCCCCCC(=O)N[C@@H](CO[C@@H]1O[C@H](CO)[C@@H](O[C@@H]2O[C@H](CO)[C@H](O)C(O)C2O)C(O)C1O)[C@H](O)CCCCCCCCCCCCC. The second kappa shape index (κ2) is 42.4. The van der Waals surface area contributed by atoms with Gasteiger partial charge in [-0.25, -0.2) is 0 Å². The highest BCUT2D eigenvalue weighted by atomic mass is 16.7. The van der Waals surface area contributed by atoms with E-state index in [-0.39, 0.29) is 12.5 Å². The molecule has 14 nitrogen and oxygen atoms in total. The highest BCUT2D eigenvalue weighted by molar-refractivity contribution is 5.76. The first-order valence-corrected chi connectivity index (χ1v) is 28.8. The summed E-state index contributed by atoms with van der Waals surface area (Å²) in [4.78, 5) is 13.2. The van der Waals surface area contributed by atoms with Crippen LogP contribution in [-0.2, 0) is 23.7 Å². The van der Waals surface area contributed by atoms with E-state index in [1.807, 2.05) is 0 Å². The Balaban J connectivity index is 1.70. The lowest BCUT2D eigenvalue weighted by Gasteiger charge is -2.46. The molecule has 0 bridgehead atoms. The number of aliphatic hydroxyl groups is 8. The summed E-state index contributed by atoms with van der Waals surface area (Å²) in [5.41, 5.74) is 0. The Hall–Kier alpha value is -1.01. The van der Waals surface area contributed by atoms with Crippen LogP contribution in [0.5, 0.6) is 0 Å². The highest BCUT2D eigenvalue weighted by Gasteiger charge is 2.51. The van der Waals surface area contributed by atoms with Crippen LogP contribution in [0.4, 0.5) is 0 Å². The molecule has 2 saturated heterocycles. The Kier molecular flexibility index (Phi) is 39.4. The maximum Gasteiger partial charge on any atom is 0.220 e. The maximum atomic E-state index is 13.2. The van der Waals surface area contributed by atoms with E-state index in [9.17, 15) is 45.6 Å². The Morgan fingerprint density at radius 1 is 0.464 bits per heavy atom. The van der Waals surface area contributed by atoms with Gasteiger partial charge in [0.2, 0.25) is 5.91 Å². The molecule has 0 aromatic heterocycles. The Labute approximate surface area is 419 Å². The summed E-state index contributed by atoms with van der Waals surface area (Å²) in [5.74, 6) is -0.202. The van der Waals surface area contributed by atoms with E-state index >= 15 is 0 Å². The van der Waals surface area contributed by atoms with Crippen LogP contribution < -0.4 is 5.32 Å². The van der Waals surface area contributed by atoms with Crippen molar-refractivity contribution in [3.63, 3.8) is 0 Å². The largest absolute Gasteiger partial charge is 0.394 e. The van der Waals surface area contributed by atoms with Crippen LogP contribution in [0.1, 0.15) is 251 Å². The first-order chi connectivity index (χ1) is 33.6. The second-order valence-corrected chi connectivity index (χ2v) is 20.8. The molecule has 0 spiro atoms. The monoisotopic (exact) mass is 990 g/mol. The maximum absolute atomic E-state index is 13.2. The number of carbonyl (C=O) groups is 1. The third kappa shape index (κ3) is 28.9. The van der Waals surface area contributed by atoms with Gasteiger partial charge in [0.05, 0.1) is 32.0 Å². The number of carbonyl (C=O) groups excluding carboxylic acids is 1. The molecule has 2 heterocycles. The topological polar surface area (TPSA) is 228 Å². The molecule has 2 aliphatic heterocycles. The molecular formula is C55H107NO13. The number of rotatable bonds is 46. The Bertz CT molecular complexity index is 1170. The van der Waals surface area contributed by atoms with Gasteiger partial charge in [-0.15, -0.1) is 0 Å². The minimum atomic E-state index is -1.78. The molecule has 0 aliphatic carbocycles. The van der Waals surface area contributed by atoms with E-state index in [0.717, 1.165) is 51.4 Å². The average Bonchev–Trinajstić information content (AvgIpc) is 3.35. The fourth-order valence-electron chi connectivity index (χ4n) is 9.89. The standard InChI is InChI=1S/C55H107NO13/c1-3-5-7-9-11-13-15-16-17-18-19-20-21-22-23-24-25-26-27-29-31-33-35-37-39-47(60)56-43(44(59)38-36-34-32-30-28-14-12-10-8-6-4-2)42-66-54-52(65)50(63)53(46(41-58)68-54)69-55-51(64)49(62)48(61)45(40-57)67-55/h43-46,48-55,57-59,61-65H,3-42H2,1-2H3,(H,56,60)/t43-,44+,45+,46+,48-,49?,50?,51?,52?,53+,54+,55-/m0/s1. The van der Waals surface area contributed by atoms with E-state index in [4.69, 9.17) is 18.9 Å². The molecule has 9 N–H and O–H groups in total. The predicted molar refractivity (Wildman–Crippen MR) is 272 cm³/mol. The van der Waals surface area contributed by atoms with Gasteiger partial charge in [0.1, 0.15) is 48.8 Å². The summed E-state index contributed by atoms with van der Waals surface area (Å²) < 4.78 is 22.8. The van der Waals surface area contributed by atoms with Crippen molar-refractivity contribution in [2.45, 2.75) is 325 Å². The van der Waals surface area contributed by atoms with Crippen molar-refractivity contribution >= 4 is 5.91 Å². The van der Waals surface area contributed by atoms with Crippen molar-refractivity contribution < 1.29 is 64.6 Å². The van der Waals surface area contributed by atoms with Gasteiger partial charge in [0.15, 0.2) is 12.6 Å². The lowest BCUT2D eigenvalue weighted by atomic mass is 9.97. The molecule has 410 valence electrons. The zero-order valence-electron chi connectivity index (χ0n) is 43.8. The average molecular weight is 990 g/mol. The quantitative estimate of drug-likeness (QED) is 0.0260. The molecule has 2 rings (SSSR count). The number of hydrogen-bond acceptors (Lipinski definition) is 13. The highest BCUT2D eigenvalue weighted by Crippen LogP contribution is 2.30. The molecule has 0 aromatic carbocycles. The van der Waals surface area contributed by atoms with Crippen molar-refractivity contribution in [2.75, 3.05) is 19.8 Å². The summed E-state index contributed by atoms with van der Waals surface area (Å²) in [6.45, 7) is 2.87. The van der Waals surface area contributed by atoms with Crippen LogP contribution in [0.3, 0.4) is 0 Å². The fraction of sp³-hybridized carbons (Fsp3) is 0.982. The zero-order valence-corrected chi connectivity index (χ0v) is 43.8. The first kappa shape index (κ1) is 64.1. The molecular weight excluding hydrogens is 883 g/mol. The van der Waals surface area contributed by atoms with Gasteiger partial charge < -0.3 is 65.1 Å². The van der Waals surface area contributed by atoms with Crippen LogP contribution in [0.25, 0.3) is 0 Å². The molecule has 0 radical (unpaired) electrons. The zero-order chi connectivity index (χ0) is 50.3. The van der Waals surface area contributed by atoms with Gasteiger partial charge in [-0.05, 0) is 12.8 Å². The molecule has 14 heteroatoms. The third-order valence-corrected chi connectivity index (χ3v) is 14.6. The number of hydrogen-bond donors (Lipinski definition) is 9. The molecule has 4 unspecified atom stereocenters. The summed E-state index contributed by atoms with van der Waals surface area (Å²) in [7, 11) is 0. The van der Waals surface area contributed by atoms with E-state index in [1.54, 1.807) is 0 Å². The number of aliphatic hydroxyl groups excluding tert-OH is 8. The lowest BCUT2D eigenvalue weighted by Crippen LogP contribution is -2.65. The normalized spacial score (nSPS) is 26.1. The van der Waals surface area contributed by atoms with Gasteiger partial charge in [0.25, 0.3) is 0 Å². The van der Waals surface area contributed by atoms with Crippen LogP contribution in [0.15, 0.2) is 0 Å². The Morgan fingerprint density at radius 3 is 1.23 bits per heavy atom. The number of unbranched alkanes of at least 4 members (excludes halogenated alkanes) is 33. The van der Waals surface area contributed by atoms with E-state index in [1.165, 1.54) is 173 Å². The van der Waals surface area contributed by atoms with E-state index in [2.05, 4.69) is 19.2 Å². The van der Waals surface area contributed by atoms with E-state index < -0.39 is 86.8 Å². The van der Waals surface area contributed by atoms with Gasteiger partial charge in [-0.2, -0.15) is 0 Å². The number of nitrogens with one attached hydrogen (secondary N) is 1. The third-order valence-electron chi connectivity index (χ3n) is 14.6. The van der Waals surface area contributed by atoms with Crippen molar-refractivity contribution in [1.29, 1.82) is 0 Å². The minimum absolute atomic E-state index is 0.202.